The van der Waals surface area contributed by atoms with Crippen LogP contribution in [0, 0.1) is 13.8 Å². The van der Waals surface area contributed by atoms with Gasteiger partial charge in [-0.15, -0.1) is 20.4 Å². The van der Waals surface area contributed by atoms with Crippen LogP contribution in [0.4, 0.5) is 0 Å². The molecule has 2 aliphatic carbocycles. The molecule has 6 aromatic rings. The molecule has 5 aliphatic rings. The number of halogens is 1. The van der Waals surface area contributed by atoms with Gasteiger partial charge in [0, 0.05) is 15.6 Å². The highest BCUT2D eigenvalue weighted by atomic mass is 79.9. The molecule has 0 atom stereocenters. The number of hydrogen-bond donors (Lipinski definition) is 0. The van der Waals surface area contributed by atoms with Crippen LogP contribution in [0.3, 0.4) is 0 Å². The zero-order chi connectivity index (χ0) is 41.6. The summed E-state index contributed by atoms with van der Waals surface area (Å²) < 4.78 is 29.1. The number of benzene rings is 4. The molecular weight excluding hydrogens is 815 g/mol. The van der Waals surface area contributed by atoms with Gasteiger partial charge in [0.1, 0.15) is 24.9 Å². The largest absolute Gasteiger partial charge is 0.495 e. The standard InChI is InChI=1S/C21H19N3O.C16H21BO2.C11H10BrN3O/c1-14-22-23-21-13-25-12-19-18(10-5-11-20(19)24(14)21)17-9-4-7-15-6-2-3-8-16(15)17;1-15(2)16(3,4)19-17(18-15)14-11-7-9-12-8-5-6-10-13(12)14;1-7-13-14-11-6-16-5-8-9(12)3-2-4-10(8)15(7)11/h2-3,5-6,8-11H,4,7,12-13H2,1H3;5-6,8,10-11H,7,9H2,1-4H3;2-4H,5-6H2,1H3. The van der Waals surface area contributed by atoms with Crippen molar-refractivity contribution < 1.29 is 18.8 Å². The first-order valence-corrected chi connectivity index (χ1v) is 21.6. The molecule has 0 spiro atoms. The molecule has 5 heterocycles. The Kier molecular flexibility index (Phi) is 11.1. The minimum Gasteiger partial charge on any atom is -0.399 e. The second-order valence-electron chi connectivity index (χ2n) is 16.8. The second-order valence-corrected chi connectivity index (χ2v) is 17.6. The van der Waals surface area contributed by atoms with E-state index >= 15 is 0 Å². The van der Waals surface area contributed by atoms with Crippen LogP contribution in [0.25, 0.3) is 22.4 Å². The normalized spacial score (nSPS) is 17.9. The molecule has 1 saturated heterocycles. The van der Waals surface area contributed by atoms with Gasteiger partial charge in [0.25, 0.3) is 0 Å². The van der Waals surface area contributed by atoms with Gasteiger partial charge in [0.05, 0.1) is 35.8 Å². The van der Waals surface area contributed by atoms with Crippen LogP contribution in [0.5, 0.6) is 0 Å². The van der Waals surface area contributed by atoms with E-state index in [1.54, 1.807) is 0 Å². The molecule has 0 radical (unpaired) electrons. The summed E-state index contributed by atoms with van der Waals surface area (Å²) in [5, 5.41) is 16.7. The van der Waals surface area contributed by atoms with Crippen molar-refractivity contribution in [1.82, 2.24) is 29.5 Å². The lowest BCUT2D eigenvalue weighted by Crippen LogP contribution is -2.41. The Morgan fingerprint density at radius 2 is 1.08 bits per heavy atom. The maximum atomic E-state index is 6.17. The van der Waals surface area contributed by atoms with Gasteiger partial charge in [-0.2, -0.15) is 0 Å². The molecule has 12 heteroatoms. The van der Waals surface area contributed by atoms with Crippen molar-refractivity contribution >= 4 is 34.1 Å². The predicted octanol–water partition coefficient (Wildman–Crippen LogP) is 10.00. The number of aromatic nitrogens is 6. The number of allylic oxidation sites excluding steroid dienone is 2. The first kappa shape index (κ1) is 40.4. The summed E-state index contributed by atoms with van der Waals surface area (Å²) in [6.45, 7) is 14.5. The Bertz CT molecular complexity index is 2630. The van der Waals surface area contributed by atoms with Crippen LogP contribution in [-0.2, 0) is 58.1 Å². The molecule has 3 aliphatic heterocycles. The quantitative estimate of drug-likeness (QED) is 0.159. The molecule has 0 bridgehead atoms. The third-order valence-corrected chi connectivity index (χ3v) is 13.2. The summed E-state index contributed by atoms with van der Waals surface area (Å²) in [6.07, 6.45) is 9.00. The molecule has 0 saturated carbocycles. The van der Waals surface area contributed by atoms with E-state index in [9.17, 15) is 0 Å². The van der Waals surface area contributed by atoms with Gasteiger partial charge in [-0.25, -0.2) is 0 Å². The second kappa shape index (κ2) is 16.5. The maximum absolute atomic E-state index is 6.17. The summed E-state index contributed by atoms with van der Waals surface area (Å²) >= 11 is 3.55. The van der Waals surface area contributed by atoms with Crippen molar-refractivity contribution in [3.63, 3.8) is 0 Å². The third kappa shape index (κ3) is 7.53. The van der Waals surface area contributed by atoms with Crippen LogP contribution >= 0.6 is 15.9 Å². The number of hydrogen-bond acceptors (Lipinski definition) is 8. The van der Waals surface area contributed by atoms with E-state index in [0.29, 0.717) is 26.4 Å². The van der Waals surface area contributed by atoms with Crippen molar-refractivity contribution in [2.45, 2.75) is 105 Å². The monoisotopic (exact) mass is 864 g/mol. The lowest BCUT2D eigenvalue weighted by molar-refractivity contribution is 0.00578. The molecule has 2 aromatic heterocycles. The van der Waals surface area contributed by atoms with Crippen LogP contribution in [0.2, 0.25) is 0 Å². The average molecular weight is 866 g/mol. The minimum atomic E-state index is -0.273. The lowest BCUT2D eigenvalue weighted by Gasteiger charge is -2.32. The molecule has 306 valence electrons. The molecule has 1 fully saturated rings. The number of rotatable bonds is 2. The van der Waals surface area contributed by atoms with Gasteiger partial charge >= 0.3 is 7.12 Å². The summed E-state index contributed by atoms with van der Waals surface area (Å²) in [5.74, 6) is 3.51. The first-order chi connectivity index (χ1) is 29.0. The van der Waals surface area contributed by atoms with E-state index in [0.717, 1.165) is 70.4 Å². The van der Waals surface area contributed by atoms with Gasteiger partial charge in [-0.05, 0) is 124 Å². The predicted molar refractivity (Wildman–Crippen MR) is 238 cm³/mol. The Balaban J connectivity index is 0.000000119. The highest BCUT2D eigenvalue weighted by Crippen LogP contribution is 2.42. The van der Waals surface area contributed by atoms with Crippen LogP contribution in [0.15, 0.2) is 102 Å². The highest BCUT2D eigenvalue weighted by molar-refractivity contribution is 9.10. The Hall–Kier alpha value is -4.98. The topological polar surface area (TPSA) is 98.3 Å². The Morgan fingerprint density at radius 1 is 0.567 bits per heavy atom. The number of fused-ring (bicyclic) bond motifs is 8. The van der Waals surface area contributed by atoms with E-state index in [2.05, 4.69) is 154 Å². The van der Waals surface area contributed by atoms with E-state index in [-0.39, 0.29) is 18.3 Å². The summed E-state index contributed by atoms with van der Waals surface area (Å²) in [5.41, 5.74) is 13.3. The molecule has 0 amide bonds. The smallest absolute Gasteiger partial charge is 0.399 e. The number of nitrogens with zero attached hydrogens (tertiary/aromatic N) is 6. The maximum Gasteiger partial charge on any atom is 0.495 e. The van der Waals surface area contributed by atoms with Gasteiger partial charge in [-0.1, -0.05) is 94.8 Å². The Labute approximate surface area is 360 Å². The van der Waals surface area contributed by atoms with E-state index < -0.39 is 0 Å². The molecule has 11 rings (SSSR count). The van der Waals surface area contributed by atoms with Crippen molar-refractivity contribution in [3.05, 3.63) is 164 Å². The summed E-state index contributed by atoms with van der Waals surface area (Å²) in [4.78, 5) is 0. The molecule has 4 aromatic carbocycles. The van der Waals surface area contributed by atoms with Crippen LogP contribution < -0.4 is 0 Å². The molecule has 0 unspecified atom stereocenters. The molecule has 10 nitrogen and oxygen atoms in total. The van der Waals surface area contributed by atoms with E-state index in [1.807, 2.05) is 30.5 Å². The first-order valence-electron chi connectivity index (χ1n) is 20.8. The zero-order valence-corrected chi connectivity index (χ0v) is 36.8. The fourth-order valence-electron chi connectivity index (χ4n) is 8.65. The Morgan fingerprint density at radius 3 is 1.73 bits per heavy atom. The number of ether oxygens (including phenoxy) is 2. The molecule has 0 N–H and O–H groups in total. The lowest BCUT2D eigenvalue weighted by atomic mass is 9.70. The average Bonchev–Trinajstić information content (AvgIpc) is 3.75. The van der Waals surface area contributed by atoms with E-state index in [1.165, 1.54) is 44.4 Å². The summed E-state index contributed by atoms with van der Waals surface area (Å²) in [6, 6.07) is 29.9. The fourth-order valence-corrected chi connectivity index (χ4v) is 9.12. The van der Waals surface area contributed by atoms with Crippen molar-refractivity contribution in [2.75, 3.05) is 0 Å². The van der Waals surface area contributed by atoms with Crippen molar-refractivity contribution in [2.24, 2.45) is 0 Å². The third-order valence-electron chi connectivity index (χ3n) is 12.4. The highest BCUT2D eigenvalue weighted by Gasteiger charge is 2.52. The van der Waals surface area contributed by atoms with Crippen LogP contribution in [-0.4, -0.2) is 47.8 Å². The van der Waals surface area contributed by atoms with Crippen molar-refractivity contribution in [1.29, 1.82) is 0 Å². The van der Waals surface area contributed by atoms with Gasteiger partial charge < -0.3 is 18.8 Å². The van der Waals surface area contributed by atoms with E-state index in [4.69, 9.17) is 18.8 Å². The minimum absolute atomic E-state index is 0.244. The van der Waals surface area contributed by atoms with Gasteiger partial charge in [0.2, 0.25) is 0 Å². The van der Waals surface area contributed by atoms with Gasteiger partial charge in [-0.3, -0.25) is 9.13 Å². The van der Waals surface area contributed by atoms with Crippen molar-refractivity contribution in [3.8, 4) is 11.4 Å². The molecular formula is C48H50BBrN6O4. The number of aryl methyl sites for hydroxylation is 4. The van der Waals surface area contributed by atoms with Gasteiger partial charge in [0.15, 0.2) is 11.6 Å². The summed E-state index contributed by atoms with van der Waals surface area (Å²) in [7, 11) is -0.244. The van der Waals surface area contributed by atoms with Crippen LogP contribution in [0.1, 0.15) is 103 Å². The SMILES string of the molecule is CC1(C)OB(C2=CCCc3ccccc32)OC1(C)C.Cc1nnc2n1-c1cccc(Br)c1COC2.Cc1nnc2n1-c1cccc(C3=CCCc4ccccc43)c1COC2. The fraction of sp³-hybridized carbons (Fsp3) is 0.333. The zero-order valence-electron chi connectivity index (χ0n) is 35.2. The molecule has 60 heavy (non-hydrogen) atoms.